The fraction of sp³-hybridized carbons (Fsp3) is 0.357. The zero-order valence-electron chi connectivity index (χ0n) is 25.0. The summed E-state index contributed by atoms with van der Waals surface area (Å²) in [4.78, 5) is 19.9. The van der Waals surface area contributed by atoms with Crippen LogP contribution in [0.2, 0.25) is 0 Å². The highest BCUT2D eigenvalue weighted by Crippen LogP contribution is 2.39. The van der Waals surface area contributed by atoms with Crippen molar-refractivity contribution in [2.45, 2.75) is 33.1 Å². The van der Waals surface area contributed by atoms with Crippen LogP contribution in [0.1, 0.15) is 48.0 Å². The molecular weight excluding hydrogens is 544 g/mol. The summed E-state index contributed by atoms with van der Waals surface area (Å²) in [5.74, 6) is 6.85. The average molecular weight is 585 g/mol. The lowest BCUT2D eigenvalue weighted by Crippen LogP contribution is -2.27. The highest BCUT2D eigenvalue weighted by molar-refractivity contribution is 7.92. The molecule has 6 N–H and O–H groups in total. The normalized spacial score (nSPS) is 12.2. The molecule has 1 amide bonds. The Bertz CT molecular complexity index is 1590. The van der Waals surface area contributed by atoms with E-state index in [4.69, 9.17) is 16.3 Å². The van der Waals surface area contributed by atoms with Crippen LogP contribution in [0.3, 0.4) is 0 Å². The van der Waals surface area contributed by atoms with Crippen molar-refractivity contribution in [2.24, 2.45) is 18.6 Å². The number of amides is 1. The molecule has 12 nitrogen and oxygen atoms in total. The molecule has 0 saturated carbocycles. The number of nitrogens with one attached hydrogen (secondary N) is 2. The number of nitrogens with zero attached hydrogens (tertiary/aromatic N) is 4. The predicted molar refractivity (Wildman–Crippen MR) is 166 cm³/mol. The topological polar surface area (TPSA) is 161 Å². The minimum Gasteiger partial charge on any atom is -0.492 e. The molecule has 0 aliphatic heterocycles. The molecule has 0 spiro atoms. The fourth-order valence-electron chi connectivity index (χ4n) is 4.17. The molecule has 0 atom stereocenters. The molecule has 3 aromatic rings. The third-order valence-corrected chi connectivity index (χ3v) is 6.87. The number of aryl methyl sites for hydroxylation is 2. The van der Waals surface area contributed by atoms with Gasteiger partial charge in [0.05, 0.1) is 36.1 Å². The summed E-state index contributed by atoms with van der Waals surface area (Å²) >= 11 is 0. The largest absolute Gasteiger partial charge is 0.492 e. The zero-order chi connectivity index (χ0) is 30.9. The minimum atomic E-state index is -3.61. The SMILES string of the molecule is COc1c(NC(=O)c2ccc(C)c(N(N)/C=C(\N)c3cn(C)c(N(C)C)n3)c2)cc(C(C)(C)C)cc1NS(C)(=O)=O. The number of carbonyl (C=O) groups is 1. The number of aromatic nitrogens is 2. The van der Waals surface area contributed by atoms with Gasteiger partial charge in [-0.05, 0) is 47.7 Å². The number of sulfonamides is 1. The van der Waals surface area contributed by atoms with Crippen LogP contribution in [-0.2, 0) is 22.5 Å². The summed E-state index contributed by atoms with van der Waals surface area (Å²) in [5, 5.41) is 4.22. The lowest BCUT2D eigenvalue weighted by atomic mass is 9.86. The van der Waals surface area contributed by atoms with Crippen LogP contribution in [0, 0.1) is 6.92 Å². The van der Waals surface area contributed by atoms with Crippen LogP contribution < -0.4 is 36.3 Å². The monoisotopic (exact) mass is 584 g/mol. The van der Waals surface area contributed by atoms with E-state index in [0.29, 0.717) is 28.3 Å². The lowest BCUT2D eigenvalue weighted by molar-refractivity contribution is 0.102. The van der Waals surface area contributed by atoms with Gasteiger partial charge in [0, 0.05) is 39.1 Å². The third-order valence-electron chi connectivity index (χ3n) is 6.28. The van der Waals surface area contributed by atoms with Crippen molar-refractivity contribution < 1.29 is 17.9 Å². The second kappa shape index (κ2) is 11.7. The number of nitrogens with two attached hydrogens (primary N) is 2. The molecule has 0 radical (unpaired) electrons. The van der Waals surface area contributed by atoms with Gasteiger partial charge in [-0.3, -0.25) is 14.5 Å². The standard InChI is InChI=1S/C28H40N8O4S/c1-17-10-11-18(12-24(17)36(30)15-20(29)23-16-35(7)27(32-23)34(5)6)26(37)31-21-13-19(28(2,3)4)14-22(25(21)40-8)33-41(9,38)39/h10-16,33H,29-30H2,1-9H3,(H,31,37)/b20-15-. The Labute approximate surface area is 242 Å². The first-order valence-electron chi connectivity index (χ1n) is 12.8. The number of anilines is 4. The van der Waals surface area contributed by atoms with Crippen molar-refractivity contribution in [3.05, 3.63) is 65.1 Å². The highest BCUT2D eigenvalue weighted by Gasteiger charge is 2.23. The van der Waals surface area contributed by atoms with Crippen LogP contribution in [0.25, 0.3) is 5.70 Å². The Balaban J connectivity index is 1.97. The summed E-state index contributed by atoms with van der Waals surface area (Å²) < 4.78 is 33.9. The van der Waals surface area contributed by atoms with Crippen LogP contribution >= 0.6 is 0 Å². The van der Waals surface area contributed by atoms with Crippen molar-refractivity contribution in [3.8, 4) is 5.75 Å². The third kappa shape index (κ3) is 7.50. The van der Waals surface area contributed by atoms with Crippen LogP contribution in [0.15, 0.2) is 42.7 Å². The Morgan fingerprint density at radius 2 is 1.78 bits per heavy atom. The maximum absolute atomic E-state index is 13.5. The van der Waals surface area contributed by atoms with Crippen molar-refractivity contribution in [3.63, 3.8) is 0 Å². The van der Waals surface area contributed by atoms with Gasteiger partial charge >= 0.3 is 0 Å². The molecule has 1 heterocycles. The van der Waals surface area contributed by atoms with Gasteiger partial charge in [0.15, 0.2) is 5.75 Å². The molecule has 0 bridgehead atoms. The molecule has 3 rings (SSSR count). The van der Waals surface area contributed by atoms with E-state index in [2.05, 4.69) is 15.0 Å². The first-order chi connectivity index (χ1) is 18.9. The fourth-order valence-corrected chi connectivity index (χ4v) is 4.72. The van der Waals surface area contributed by atoms with E-state index in [1.54, 1.807) is 42.7 Å². The zero-order valence-corrected chi connectivity index (χ0v) is 25.8. The highest BCUT2D eigenvalue weighted by atomic mass is 32.2. The summed E-state index contributed by atoms with van der Waals surface area (Å²) in [5.41, 5.74) is 9.90. The van der Waals surface area contributed by atoms with E-state index in [-0.39, 0.29) is 16.9 Å². The number of methoxy groups -OCH3 is 1. The second-order valence-corrected chi connectivity index (χ2v) is 12.9. The molecule has 1 aromatic heterocycles. The quantitative estimate of drug-likeness (QED) is 0.218. The average Bonchev–Trinajstić information content (AvgIpc) is 3.24. The van der Waals surface area contributed by atoms with Crippen LogP contribution in [-0.4, -0.2) is 51.3 Å². The van der Waals surface area contributed by atoms with Gasteiger partial charge in [-0.2, -0.15) is 0 Å². The van der Waals surface area contributed by atoms with Crippen molar-refractivity contribution in [1.82, 2.24) is 9.55 Å². The summed E-state index contributed by atoms with van der Waals surface area (Å²) in [6.07, 6.45) is 4.40. The van der Waals surface area contributed by atoms with Gasteiger partial charge in [0.25, 0.3) is 5.91 Å². The van der Waals surface area contributed by atoms with Crippen LogP contribution in [0.5, 0.6) is 5.75 Å². The van der Waals surface area contributed by atoms with Gasteiger partial charge in [0.1, 0.15) is 5.69 Å². The van der Waals surface area contributed by atoms with E-state index in [9.17, 15) is 13.2 Å². The Hall–Kier alpha value is -4.23. The number of ether oxygens (including phenoxy) is 1. The lowest BCUT2D eigenvalue weighted by Gasteiger charge is -2.24. The van der Waals surface area contributed by atoms with Crippen molar-refractivity contribution in [1.29, 1.82) is 0 Å². The predicted octanol–water partition coefficient (Wildman–Crippen LogP) is 3.36. The van der Waals surface area contributed by atoms with Gasteiger partial charge in [0.2, 0.25) is 16.0 Å². The molecule has 0 fully saturated rings. The van der Waals surface area contributed by atoms with Crippen molar-refractivity contribution >= 4 is 44.6 Å². The molecule has 41 heavy (non-hydrogen) atoms. The van der Waals surface area contributed by atoms with Crippen LogP contribution in [0.4, 0.5) is 23.0 Å². The van der Waals surface area contributed by atoms with E-state index in [0.717, 1.165) is 23.3 Å². The number of hydrazine groups is 1. The first kappa shape index (κ1) is 31.3. The smallest absolute Gasteiger partial charge is 0.255 e. The first-order valence-corrected chi connectivity index (χ1v) is 14.6. The van der Waals surface area contributed by atoms with Crippen molar-refractivity contribution in [2.75, 3.05) is 47.4 Å². The number of rotatable bonds is 9. The number of carbonyl (C=O) groups excluding carboxylic acids is 1. The molecule has 0 saturated heterocycles. The maximum atomic E-state index is 13.5. The summed E-state index contributed by atoms with van der Waals surface area (Å²) in [7, 11) is 3.45. The molecule has 222 valence electrons. The molecule has 0 aliphatic rings. The summed E-state index contributed by atoms with van der Waals surface area (Å²) in [6.45, 7) is 7.82. The Morgan fingerprint density at radius 3 is 2.32 bits per heavy atom. The molecule has 0 aliphatic carbocycles. The number of hydrogen-bond donors (Lipinski definition) is 4. The van der Waals surface area contributed by atoms with E-state index in [1.165, 1.54) is 12.1 Å². The number of hydrogen-bond acceptors (Lipinski definition) is 9. The molecule has 13 heteroatoms. The molecular formula is C28H40N8O4S. The Kier molecular flexibility index (Phi) is 8.94. The minimum absolute atomic E-state index is 0.188. The second-order valence-electron chi connectivity index (χ2n) is 11.1. The van der Waals surface area contributed by atoms with E-state index >= 15 is 0 Å². The van der Waals surface area contributed by atoms with Gasteiger partial charge in [-0.25, -0.2) is 19.2 Å². The van der Waals surface area contributed by atoms with E-state index < -0.39 is 15.9 Å². The van der Waals surface area contributed by atoms with Gasteiger partial charge in [-0.1, -0.05) is 26.8 Å². The van der Waals surface area contributed by atoms with E-state index in [1.807, 2.05) is 58.3 Å². The maximum Gasteiger partial charge on any atom is 0.255 e. The number of benzene rings is 2. The van der Waals surface area contributed by atoms with Gasteiger partial charge in [-0.15, -0.1) is 0 Å². The number of imidazole rings is 1. The summed E-state index contributed by atoms with van der Waals surface area (Å²) in [6, 6.07) is 8.57. The molecule has 2 aromatic carbocycles. The Morgan fingerprint density at radius 1 is 1.15 bits per heavy atom. The molecule has 0 unspecified atom stereocenters. The van der Waals surface area contributed by atoms with Gasteiger partial charge < -0.3 is 25.3 Å².